The smallest absolute Gasteiger partial charge is 0.322 e. The van der Waals surface area contributed by atoms with Gasteiger partial charge in [-0.05, 0) is 49.2 Å². The number of halogens is 4. The Morgan fingerprint density at radius 1 is 1.20 bits per heavy atom. The summed E-state index contributed by atoms with van der Waals surface area (Å²) < 4.78 is 54.1. The van der Waals surface area contributed by atoms with E-state index >= 15 is 0 Å². The molecule has 3 aromatic rings. The molecule has 152 valence electrons. The van der Waals surface area contributed by atoms with Crippen LogP contribution >= 0.6 is 0 Å². The van der Waals surface area contributed by atoms with Crippen LogP contribution in [0.25, 0.3) is 5.69 Å². The molecule has 1 aliphatic rings. The van der Waals surface area contributed by atoms with Gasteiger partial charge in [-0.1, -0.05) is 6.07 Å². The number of hydrogen-bond donors (Lipinski definition) is 1. The maximum atomic E-state index is 13.5. The summed E-state index contributed by atoms with van der Waals surface area (Å²) in [5, 5.41) is 15.7. The predicted molar refractivity (Wildman–Crippen MR) is 99.6 cm³/mol. The monoisotopic (exact) mass is 414 g/mol. The second-order valence-electron chi connectivity index (χ2n) is 6.94. The molecule has 9 heteroatoms. The lowest BCUT2D eigenvalue weighted by molar-refractivity contribution is -0.137. The first-order valence-corrected chi connectivity index (χ1v) is 9.04. The number of amides is 1. The molecule has 5 nitrogen and oxygen atoms in total. The Morgan fingerprint density at radius 3 is 2.63 bits per heavy atom. The Balaban J connectivity index is 1.69. The van der Waals surface area contributed by atoms with Crippen molar-refractivity contribution in [2.75, 3.05) is 5.32 Å². The molecule has 1 saturated carbocycles. The van der Waals surface area contributed by atoms with E-state index in [1.807, 2.05) is 0 Å². The van der Waals surface area contributed by atoms with E-state index < -0.39 is 23.5 Å². The highest BCUT2D eigenvalue weighted by Gasteiger charge is 2.34. The Kier molecular flexibility index (Phi) is 4.78. The van der Waals surface area contributed by atoms with E-state index in [0.717, 1.165) is 31.0 Å². The quantitative estimate of drug-likeness (QED) is 0.609. The lowest BCUT2D eigenvalue weighted by Crippen LogP contribution is -2.15. The van der Waals surface area contributed by atoms with E-state index in [2.05, 4.69) is 10.4 Å². The van der Waals surface area contributed by atoms with Crippen molar-refractivity contribution >= 4 is 11.6 Å². The minimum Gasteiger partial charge on any atom is -0.322 e. The summed E-state index contributed by atoms with van der Waals surface area (Å²) in [6.07, 6.45) is -1.61. The summed E-state index contributed by atoms with van der Waals surface area (Å²) in [5.74, 6) is -1.23. The van der Waals surface area contributed by atoms with Crippen molar-refractivity contribution in [2.24, 2.45) is 0 Å². The third kappa shape index (κ3) is 3.76. The van der Waals surface area contributed by atoms with Gasteiger partial charge in [-0.15, -0.1) is 0 Å². The van der Waals surface area contributed by atoms with E-state index in [1.54, 1.807) is 6.07 Å². The first-order chi connectivity index (χ1) is 14.3. The number of nitrogens with one attached hydrogen (secondary N) is 1. The number of alkyl halides is 3. The molecule has 0 unspecified atom stereocenters. The highest BCUT2D eigenvalue weighted by atomic mass is 19.4. The number of anilines is 1. The molecule has 1 aromatic heterocycles. The summed E-state index contributed by atoms with van der Waals surface area (Å²) >= 11 is 0. The van der Waals surface area contributed by atoms with Gasteiger partial charge in [-0.25, -0.2) is 9.07 Å². The third-order valence-corrected chi connectivity index (χ3v) is 4.78. The SMILES string of the molecule is N#Cc1cc(NC(=O)c2cnn(-c3cccc(C(F)(F)F)c3)c2C2CC2)ccc1F. The molecule has 0 bridgehead atoms. The van der Waals surface area contributed by atoms with Gasteiger partial charge in [0.05, 0.1) is 34.3 Å². The molecule has 0 atom stereocenters. The minimum absolute atomic E-state index is 0.00526. The lowest BCUT2D eigenvalue weighted by Gasteiger charge is -2.12. The van der Waals surface area contributed by atoms with Crippen LogP contribution in [0.2, 0.25) is 0 Å². The van der Waals surface area contributed by atoms with Crippen molar-refractivity contribution in [3.05, 3.63) is 76.9 Å². The topological polar surface area (TPSA) is 70.7 Å². The largest absolute Gasteiger partial charge is 0.416 e. The van der Waals surface area contributed by atoms with Gasteiger partial charge in [0.25, 0.3) is 5.91 Å². The molecular formula is C21H14F4N4O. The van der Waals surface area contributed by atoms with Crippen molar-refractivity contribution in [3.63, 3.8) is 0 Å². The molecule has 1 N–H and O–H groups in total. The number of carbonyl (C=O) groups excluding carboxylic acids is 1. The molecule has 30 heavy (non-hydrogen) atoms. The number of nitriles is 1. The summed E-state index contributed by atoms with van der Waals surface area (Å²) in [4.78, 5) is 12.8. The number of carbonyl (C=O) groups is 1. The van der Waals surface area contributed by atoms with Crippen LogP contribution < -0.4 is 5.32 Å². The van der Waals surface area contributed by atoms with E-state index in [0.29, 0.717) is 5.69 Å². The summed E-state index contributed by atoms with van der Waals surface area (Å²) in [6, 6.07) is 10.0. The Labute approximate surface area is 168 Å². The second-order valence-corrected chi connectivity index (χ2v) is 6.94. The minimum atomic E-state index is -4.50. The molecule has 1 fully saturated rings. The molecule has 4 rings (SSSR count). The fourth-order valence-corrected chi connectivity index (χ4v) is 3.19. The van der Waals surface area contributed by atoms with Crippen LogP contribution in [0.4, 0.5) is 23.2 Å². The lowest BCUT2D eigenvalue weighted by atomic mass is 10.1. The average molecular weight is 414 g/mol. The van der Waals surface area contributed by atoms with Crippen molar-refractivity contribution in [3.8, 4) is 11.8 Å². The van der Waals surface area contributed by atoms with Gasteiger partial charge in [0.2, 0.25) is 0 Å². The zero-order valence-corrected chi connectivity index (χ0v) is 15.4. The molecule has 1 amide bonds. The van der Waals surface area contributed by atoms with Crippen LogP contribution in [-0.4, -0.2) is 15.7 Å². The number of rotatable bonds is 4. The fourth-order valence-electron chi connectivity index (χ4n) is 3.19. The third-order valence-electron chi connectivity index (χ3n) is 4.78. The van der Waals surface area contributed by atoms with Gasteiger partial charge in [0, 0.05) is 11.6 Å². The predicted octanol–water partition coefficient (Wildman–Crippen LogP) is 5.03. The maximum Gasteiger partial charge on any atom is 0.416 e. The number of hydrogen-bond acceptors (Lipinski definition) is 3. The molecule has 0 aliphatic heterocycles. The van der Waals surface area contributed by atoms with E-state index in [4.69, 9.17) is 5.26 Å². The van der Waals surface area contributed by atoms with Gasteiger partial charge in [-0.3, -0.25) is 4.79 Å². The van der Waals surface area contributed by atoms with Crippen LogP contribution in [0.1, 0.15) is 45.9 Å². The van der Waals surface area contributed by atoms with Gasteiger partial charge in [0.15, 0.2) is 0 Å². The van der Waals surface area contributed by atoms with Crippen LogP contribution in [0.15, 0.2) is 48.7 Å². The zero-order chi connectivity index (χ0) is 21.5. The van der Waals surface area contributed by atoms with E-state index in [-0.39, 0.29) is 28.4 Å². The van der Waals surface area contributed by atoms with Gasteiger partial charge >= 0.3 is 6.18 Å². The van der Waals surface area contributed by atoms with Gasteiger partial charge < -0.3 is 5.32 Å². The number of benzene rings is 2. The van der Waals surface area contributed by atoms with Crippen LogP contribution in [-0.2, 0) is 6.18 Å². The van der Waals surface area contributed by atoms with Crippen molar-refractivity contribution in [1.82, 2.24) is 9.78 Å². The first kappa shape index (κ1) is 19.6. The zero-order valence-electron chi connectivity index (χ0n) is 15.4. The van der Waals surface area contributed by atoms with Crippen LogP contribution in [0.3, 0.4) is 0 Å². The molecule has 0 radical (unpaired) electrons. The summed E-state index contributed by atoms with van der Waals surface area (Å²) in [6.45, 7) is 0. The molecule has 2 aromatic carbocycles. The second kappa shape index (κ2) is 7.30. The fraction of sp³-hybridized carbons (Fsp3) is 0.190. The van der Waals surface area contributed by atoms with Crippen molar-refractivity contribution < 1.29 is 22.4 Å². The van der Waals surface area contributed by atoms with Crippen molar-refractivity contribution in [1.29, 1.82) is 5.26 Å². The van der Waals surface area contributed by atoms with Gasteiger partial charge in [0.1, 0.15) is 11.9 Å². The number of nitrogens with zero attached hydrogens (tertiary/aromatic N) is 3. The molecule has 1 aliphatic carbocycles. The normalized spacial score (nSPS) is 13.7. The van der Waals surface area contributed by atoms with E-state index in [9.17, 15) is 22.4 Å². The van der Waals surface area contributed by atoms with Gasteiger partial charge in [-0.2, -0.15) is 23.5 Å². The van der Waals surface area contributed by atoms with E-state index in [1.165, 1.54) is 35.1 Å². The summed E-state index contributed by atoms with van der Waals surface area (Å²) in [5.41, 5.74) is 0.159. The standard InChI is InChI=1S/C21H14F4N4O/c22-18-7-6-15(8-13(18)10-26)28-20(30)17-11-27-29(19(17)12-4-5-12)16-3-1-2-14(9-16)21(23,24)25/h1-3,6-9,11-12H,4-5H2,(H,28,30). The number of aromatic nitrogens is 2. The molecule has 0 spiro atoms. The van der Waals surface area contributed by atoms with Crippen LogP contribution in [0.5, 0.6) is 0 Å². The average Bonchev–Trinajstić information content (AvgIpc) is 3.46. The molecule has 0 saturated heterocycles. The van der Waals surface area contributed by atoms with Crippen molar-refractivity contribution in [2.45, 2.75) is 24.9 Å². The molecule has 1 heterocycles. The Hall–Kier alpha value is -3.67. The first-order valence-electron chi connectivity index (χ1n) is 9.04. The highest BCUT2D eigenvalue weighted by Crippen LogP contribution is 2.43. The Morgan fingerprint density at radius 2 is 1.97 bits per heavy atom. The van der Waals surface area contributed by atoms with Crippen LogP contribution in [0, 0.1) is 17.1 Å². The summed E-state index contributed by atoms with van der Waals surface area (Å²) in [7, 11) is 0. The molecular weight excluding hydrogens is 400 g/mol. The Bertz CT molecular complexity index is 1170. The maximum absolute atomic E-state index is 13.5. The highest BCUT2D eigenvalue weighted by molar-refractivity contribution is 6.05.